The second kappa shape index (κ2) is 6.96. The molecular formula is C18H20Cl2N2O3. The third-order valence-corrected chi connectivity index (χ3v) is 5.90. The summed E-state index contributed by atoms with van der Waals surface area (Å²) >= 11 is 11.9. The molecule has 0 aromatic heterocycles. The summed E-state index contributed by atoms with van der Waals surface area (Å²) in [4.78, 5) is 40.8. The molecule has 0 radical (unpaired) electrons. The number of hydrogen-bond donors (Lipinski definition) is 0. The lowest BCUT2D eigenvalue weighted by Gasteiger charge is -2.34. The molecule has 25 heavy (non-hydrogen) atoms. The standard InChI is InChI=1S/C18H20Cl2N2O3/c1-10(16(23)21(2)11-6-4-3-5-7-11)22-17(24)12-8-14(19)15(20)9-13(12)18(22)25/h8-11H,3-7H2,1-2H3. The summed E-state index contributed by atoms with van der Waals surface area (Å²) in [5.41, 5.74) is 0.388. The third kappa shape index (κ3) is 3.15. The maximum Gasteiger partial charge on any atom is 0.262 e. The van der Waals surface area contributed by atoms with Crippen LogP contribution < -0.4 is 0 Å². The molecule has 0 N–H and O–H groups in total. The van der Waals surface area contributed by atoms with Crippen LogP contribution in [0.4, 0.5) is 0 Å². The minimum absolute atomic E-state index is 0.169. The average Bonchev–Trinajstić information content (AvgIpc) is 2.85. The Morgan fingerprint density at radius 1 is 1.08 bits per heavy atom. The van der Waals surface area contributed by atoms with E-state index in [1.165, 1.54) is 18.6 Å². The Bertz CT molecular complexity index is 703. The number of amides is 3. The molecule has 1 unspecified atom stereocenters. The first kappa shape index (κ1) is 18.2. The summed E-state index contributed by atoms with van der Waals surface area (Å²) in [6, 6.07) is 2.09. The molecule has 0 bridgehead atoms. The molecule has 0 spiro atoms. The maximum atomic E-state index is 12.8. The number of rotatable bonds is 3. The van der Waals surface area contributed by atoms with E-state index in [-0.39, 0.29) is 33.1 Å². The van der Waals surface area contributed by atoms with E-state index in [2.05, 4.69) is 0 Å². The first-order chi connectivity index (χ1) is 11.8. The lowest BCUT2D eigenvalue weighted by molar-refractivity contribution is -0.136. The maximum absolute atomic E-state index is 12.8. The number of fused-ring (bicyclic) bond motifs is 1. The number of carbonyl (C=O) groups excluding carboxylic acids is 3. The van der Waals surface area contributed by atoms with Crippen molar-refractivity contribution >= 4 is 40.9 Å². The quantitative estimate of drug-likeness (QED) is 0.747. The van der Waals surface area contributed by atoms with Crippen LogP contribution in [0.5, 0.6) is 0 Å². The molecule has 5 nitrogen and oxygen atoms in total. The highest BCUT2D eigenvalue weighted by atomic mass is 35.5. The number of nitrogens with zero attached hydrogens (tertiary/aromatic N) is 2. The topological polar surface area (TPSA) is 57.7 Å². The summed E-state index contributed by atoms with van der Waals surface area (Å²) in [7, 11) is 1.75. The van der Waals surface area contributed by atoms with Crippen LogP contribution in [0.3, 0.4) is 0 Å². The van der Waals surface area contributed by atoms with Crippen molar-refractivity contribution in [1.29, 1.82) is 0 Å². The van der Waals surface area contributed by atoms with Crippen LogP contribution >= 0.6 is 23.2 Å². The van der Waals surface area contributed by atoms with Gasteiger partial charge in [-0.05, 0) is 31.9 Å². The fourth-order valence-electron chi connectivity index (χ4n) is 3.66. The van der Waals surface area contributed by atoms with E-state index >= 15 is 0 Å². The Morgan fingerprint density at radius 3 is 2.04 bits per heavy atom. The van der Waals surface area contributed by atoms with Crippen molar-refractivity contribution < 1.29 is 14.4 Å². The summed E-state index contributed by atoms with van der Waals surface area (Å²) < 4.78 is 0. The van der Waals surface area contributed by atoms with Gasteiger partial charge in [-0.25, -0.2) is 0 Å². The molecule has 1 aliphatic heterocycles. The summed E-state index contributed by atoms with van der Waals surface area (Å²) in [5, 5.41) is 0.420. The van der Waals surface area contributed by atoms with Crippen LogP contribution in [-0.4, -0.2) is 46.7 Å². The SMILES string of the molecule is CC(C(=O)N(C)C1CCCCC1)N1C(=O)c2cc(Cl)c(Cl)cc2C1=O. The molecule has 134 valence electrons. The van der Waals surface area contributed by atoms with Gasteiger partial charge in [-0.1, -0.05) is 42.5 Å². The van der Waals surface area contributed by atoms with Gasteiger partial charge in [-0.3, -0.25) is 19.3 Å². The summed E-state index contributed by atoms with van der Waals surface area (Å²) in [6.45, 7) is 1.59. The van der Waals surface area contributed by atoms with Crippen molar-refractivity contribution in [2.75, 3.05) is 7.05 Å². The largest absolute Gasteiger partial charge is 0.341 e. The zero-order chi connectivity index (χ0) is 18.3. The predicted molar refractivity (Wildman–Crippen MR) is 96.1 cm³/mol. The van der Waals surface area contributed by atoms with E-state index in [9.17, 15) is 14.4 Å². The molecule has 1 heterocycles. The van der Waals surface area contributed by atoms with Crippen molar-refractivity contribution in [3.63, 3.8) is 0 Å². The second-order valence-corrected chi connectivity index (χ2v) is 7.52. The molecule has 1 saturated carbocycles. The highest BCUT2D eigenvalue weighted by Crippen LogP contribution is 2.33. The highest BCUT2D eigenvalue weighted by molar-refractivity contribution is 6.43. The summed E-state index contributed by atoms with van der Waals surface area (Å²) in [6.07, 6.45) is 5.31. The van der Waals surface area contributed by atoms with E-state index in [1.54, 1.807) is 18.9 Å². The smallest absolute Gasteiger partial charge is 0.262 e. The van der Waals surface area contributed by atoms with Gasteiger partial charge in [-0.15, -0.1) is 0 Å². The zero-order valence-electron chi connectivity index (χ0n) is 14.2. The Balaban J connectivity index is 1.82. The van der Waals surface area contributed by atoms with E-state index in [1.807, 2.05) is 0 Å². The first-order valence-electron chi connectivity index (χ1n) is 8.46. The van der Waals surface area contributed by atoms with Crippen LogP contribution in [-0.2, 0) is 4.79 Å². The predicted octanol–water partition coefficient (Wildman–Crippen LogP) is 3.77. The Labute approximate surface area is 156 Å². The number of hydrogen-bond acceptors (Lipinski definition) is 3. The molecular weight excluding hydrogens is 363 g/mol. The second-order valence-electron chi connectivity index (χ2n) is 6.71. The number of imide groups is 1. The van der Waals surface area contributed by atoms with Gasteiger partial charge in [-0.2, -0.15) is 0 Å². The highest BCUT2D eigenvalue weighted by Gasteiger charge is 2.42. The van der Waals surface area contributed by atoms with Crippen molar-refractivity contribution in [3.05, 3.63) is 33.3 Å². The van der Waals surface area contributed by atoms with E-state index in [0.29, 0.717) is 0 Å². The van der Waals surface area contributed by atoms with Gasteiger partial charge in [0.05, 0.1) is 21.2 Å². The van der Waals surface area contributed by atoms with E-state index in [4.69, 9.17) is 23.2 Å². The van der Waals surface area contributed by atoms with Crippen molar-refractivity contribution in [3.8, 4) is 0 Å². The van der Waals surface area contributed by atoms with Gasteiger partial charge in [0.2, 0.25) is 5.91 Å². The average molecular weight is 383 g/mol. The van der Waals surface area contributed by atoms with Crippen molar-refractivity contribution in [1.82, 2.24) is 9.80 Å². The van der Waals surface area contributed by atoms with Crippen molar-refractivity contribution in [2.45, 2.75) is 51.1 Å². The van der Waals surface area contributed by atoms with Gasteiger partial charge >= 0.3 is 0 Å². The minimum atomic E-state index is -0.864. The van der Waals surface area contributed by atoms with Crippen LogP contribution in [0.2, 0.25) is 10.0 Å². The van der Waals surface area contributed by atoms with Crippen LogP contribution in [0.25, 0.3) is 0 Å². The van der Waals surface area contributed by atoms with Gasteiger partial charge in [0.25, 0.3) is 11.8 Å². The number of carbonyl (C=O) groups is 3. The monoisotopic (exact) mass is 382 g/mol. The molecule has 1 fully saturated rings. The lowest BCUT2D eigenvalue weighted by Crippen LogP contribution is -2.51. The fraction of sp³-hybridized carbons (Fsp3) is 0.500. The van der Waals surface area contributed by atoms with Gasteiger partial charge in [0.1, 0.15) is 6.04 Å². The first-order valence-corrected chi connectivity index (χ1v) is 9.22. The molecule has 1 aromatic rings. The molecule has 1 aromatic carbocycles. The molecule has 2 aliphatic rings. The molecule has 3 amide bonds. The van der Waals surface area contributed by atoms with E-state index < -0.39 is 17.9 Å². The Kier molecular flexibility index (Phi) is 5.07. The minimum Gasteiger partial charge on any atom is -0.341 e. The molecule has 1 atom stereocenters. The summed E-state index contributed by atoms with van der Waals surface area (Å²) in [5.74, 6) is -1.23. The molecule has 3 rings (SSSR count). The molecule has 0 saturated heterocycles. The lowest BCUT2D eigenvalue weighted by atomic mass is 9.94. The fourth-order valence-corrected chi connectivity index (χ4v) is 3.98. The Hall–Kier alpha value is -1.59. The van der Waals surface area contributed by atoms with Crippen LogP contribution in [0.15, 0.2) is 12.1 Å². The zero-order valence-corrected chi connectivity index (χ0v) is 15.7. The van der Waals surface area contributed by atoms with Crippen molar-refractivity contribution in [2.24, 2.45) is 0 Å². The Morgan fingerprint density at radius 2 is 1.56 bits per heavy atom. The number of halogens is 2. The molecule has 7 heteroatoms. The van der Waals surface area contributed by atoms with Crippen LogP contribution in [0, 0.1) is 0 Å². The third-order valence-electron chi connectivity index (χ3n) is 5.17. The van der Waals surface area contributed by atoms with Gasteiger partial charge < -0.3 is 4.90 Å². The van der Waals surface area contributed by atoms with E-state index in [0.717, 1.165) is 30.6 Å². The van der Waals surface area contributed by atoms with Crippen LogP contribution in [0.1, 0.15) is 59.7 Å². The normalized spacial score (nSPS) is 19.1. The van der Waals surface area contributed by atoms with Gasteiger partial charge in [0.15, 0.2) is 0 Å². The number of likely N-dealkylation sites (N-methyl/N-ethyl adjacent to an activating group) is 1. The number of benzene rings is 1. The molecule has 1 aliphatic carbocycles. The van der Waals surface area contributed by atoms with Gasteiger partial charge in [0, 0.05) is 13.1 Å².